The van der Waals surface area contributed by atoms with Gasteiger partial charge in [-0.05, 0) is 19.3 Å². The van der Waals surface area contributed by atoms with Crippen LogP contribution in [0.5, 0.6) is 0 Å². The summed E-state index contributed by atoms with van der Waals surface area (Å²) in [5.74, 6) is -0.421. The first-order chi connectivity index (χ1) is 6.90. The molecule has 1 fully saturated rings. The molecule has 0 saturated heterocycles. The third-order valence-electron chi connectivity index (χ3n) is 2.55. The highest BCUT2D eigenvalue weighted by Crippen LogP contribution is 2.40. The number of ketones is 1. The van der Waals surface area contributed by atoms with Crippen molar-refractivity contribution >= 4 is 17.5 Å². The van der Waals surface area contributed by atoms with Gasteiger partial charge < -0.3 is 0 Å². The second-order valence-corrected chi connectivity index (χ2v) is 4.67. The summed E-state index contributed by atoms with van der Waals surface area (Å²) in [6, 6.07) is 1.88. The molecule has 15 heavy (non-hydrogen) atoms. The fourth-order valence-corrected chi connectivity index (χ4v) is 2.39. The van der Waals surface area contributed by atoms with Crippen LogP contribution in [0.15, 0.2) is 0 Å². The first kappa shape index (κ1) is 12.4. The van der Waals surface area contributed by atoms with Crippen molar-refractivity contribution in [2.75, 3.05) is 5.75 Å². The number of halogens is 3. The molecular formula is C9H10F3NOS. The quantitative estimate of drug-likeness (QED) is 0.757. The van der Waals surface area contributed by atoms with Gasteiger partial charge in [-0.25, -0.2) is 0 Å². The average Bonchev–Trinajstić information content (AvgIpc) is 2.46. The molecule has 0 heterocycles. The van der Waals surface area contributed by atoms with Crippen LogP contribution in [-0.4, -0.2) is 17.0 Å². The lowest BCUT2D eigenvalue weighted by atomic mass is 9.84. The maximum absolute atomic E-state index is 11.9. The Labute approximate surface area is 89.8 Å². The smallest absolute Gasteiger partial charge is 0.298 e. The standard InChI is InChI=1S/C9H10F3NOS/c10-9(11,12)15-5-4-8(6-13)3-1-2-7(8)14/h1-5H2. The molecule has 0 spiro atoms. The van der Waals surface area contributed by atoms with Crippen LogP contribution in [0.2, 0.25) is 0 Å². The number of alkyl halides is 3. The molecule has 1 aliphatic carbocycles. The lowest BCUT2D eigenvalue weighted by Crippen LogP contribution is -2.24. The topological polar surface area (TPSA) is 40.9 Å². The van der Waals surface area contributed by atoms with Crippen LogP contribution in [0.3, 0.4) is 0 Å². The van der Waals surface area contributed by atoms with Crippen molar-refractivity contribution in [3.05, 3.63) is 0 Å². The molecule has 0 radical (unpaired) electrons. The van der Waals surface area contributed by atoms with Gasteiger partial charge in [-0.2, -0.15) is 18.4 Å². The van der Waals surface area contributed by atoms with Crippen LogP contribution in [-0.2, 0) is 4.79 Å². The molecule has 0 aromatic heterocycles. The molecule has 1 unspecified atom stereocenters. The van der Waals surface area contributed by atoms with Gasteiger partial charge in [0.2, 0.25) is 0 Å². The molecule has 1 saturated carbocycles. The third kappa shape index (κ3) is 3.13. The summed E-state index contributed by atoms with van der Waals surface area (Å²) in [7, 11) is 0. The number of carbonyl (C=O) groups excluding carboxylic acids is 1. The van der Waals surface area contributed by atoms with Gasteiger partial charge >= 0.3 is 5.51 Å². The predicted octanol–water partition coefficient (Wildman–Crippen LogP) is 2.89. The predicted molar refractivity (Wildman–Crippen MR) is 50.0 cm³/mol. The van der Waals surface area contributed by atoms with Crippen LogP contribution in [0.1, 0.15) is 25.7 Å². The zero-order valence-corrected chi connectivity index (χ0v) is 8.75. The van der Waals surface area contributed by atoms with E-state index in [4.69, 9.17) is 5.26 Å². The lowest BCUT2D eigenvalue weighted by molar-refractivity contribution is -0.123. The van der Waals surface area contributed by atoms with Gasteiger partial charge in [0.25, 0.3) is 0 Å². The Hall–Kier alpha value is -0.700. The Morgan fingerprint density at radius 2 is 2.20 bits per heavy atom. The van der Waals surface area contributed by atoms with Crippen molar-refractivity contribution in [2.45, 2.75) is 31.2 Å². The van der Waals surface area contributed by atoms with E-state index in [0.29, 0.717) is 19.3 Å². The molecule has 84 valence electrons. The fraction of sp³-hybridized carbons (Fsp3) is 0.778. The van der Waals surface area contributed by atoms with E-state index in [9.17, 15) is 18.0 Å². The Bertz CT molecular complexity index is 297. The Morgan fingerprint density at radius 3 is 2.60 bits per heavy atom. The number of nitrogens with zero attached hydrogens (tertiary/aromatic N) is 1. The number of thioether (sulfide) groups is 1. The van der Waals surface area contributed by atoms with E-state index < -0.39 is 10.9 Å². The average molecular weight is 237 g/mol. The van der Waals surface area contributed by atoms with E-state index >= 15 is 0 Å². The van der Waals surface area contributed by atoms with Gasteiger partial charge in [-0.1, -0.05) is 11.8 Å². The van der Waals surface area contributed by atoms with Crippen molar-refractivity contribution < 1.29 is 18.0 Å². The van der Waals surface area contributed by atoms with Crippen LogP contribution >= 0.6 is 11.8 Å². The largest absolute Gasteiger partial charge is 0.441 e. The normalized spacial score (nSPS) is 26.7. The number of carbonyl (C=O) groups is 1. The Morgan fingerprint density at radius 1 is 1.53 bits per heavy atom. The van der Waals surface area contributed by atoms with Crippen molar-refractivity contribution in [1.29, 1.82) is 5.26 Å². The maximum atomic E-state index is 11.9. The molecule has 6 heteroatoms. The van der Waals surface area contributed by atoms with Crippen LogP contribution in [0.4, 0.5) is 13.2 Å². The second-order valence-electron chi connectivity index (χ2n) is 3.51. The van der Waals surface area contributed by atoms with Gasteiger partial charge in [0.1, 0.15) is 5.41 Å². The Kier molecular flexibility index (Phi) is 3.66. The maximum Gasteiger partial charge on any atom is 0.441 e. The molecule has 0 amide bonds. The highest BCUT2D eigenvalue weighted by atomic mass is 32.2. The number of hydrogen-bond acceptors (Lipinski definition) is 3. The summed E-state index contributed by atoms with van der Waals surface area (Å²) in [5, 5.41) is 8.86. The van der Waals surface area contributed by atoms with E-state index in [1.165, 1.54) is 0 Å². The minimum Gasteiger partial charge on any atom is -0.298 e. The molecule has 0 aromatic carbocycles. The second kappa shape index (κ2) is 4.44. The van der Waals surface area contributed by atoms with Crippen molar-refractivity contribution in [1.82, 2.24) is 0 Å². The summed E-state index contributed by atoms with van der Waals surface area (Å²) in [4.78, 5) is 11.4. The number of nitriles is 1. The SMILES string of the molecule is N#CC1(CCSC(F)(F)F)CCCC1=O. The molecule has 0 bridgehead atoms. The first-order valence-corrected chi connectivity index (χ1v) is 5.53. The summed E-state index contributed by atoms with van der Waals surface area (Å²) in [5.41, 5.74) is -5.42. The first-order valence-electron chi connectivity index (χ1n) is 4.55. The van der Waals surface area contributed by atoms with Gasteiger partial charge in [0.15, 0.2) is 5.78 Å². The van der Waals surface area contributed by atoms with Crippen LogP contribution < -0.4 is 0 Å². The summed E-state index contributed by atoms with van der Waals surface area (Å²) >= 11 is -0.167. The zero-order valence-electron chi connectivity index (χ0n) is 7.93. The van der Waals surface area contributed by atoms with E-state index in [-0.39, 0.29) is 29.7 Å². The number of hydrogen-bond donors (Lipinski definition) is 0. The van der Waals surface area contributed by atoms with E-state index in [2.05, 4.69) is 0 Å². The molecule has 1 rings (SSSR count). The summed E-state index contributed by atoms with van der Waals surface area (Å²) in [6.45, 7) is 0. The highest BCUT2D eigenvalue weighted by Gasteiger charge is 2.42. The minimum atomic E-state index is -4.28. The van der Waals surface area contributed by atoms with Crippen molar-refractivity contribution in [2.24, 2.45) is 5.41 Å². The number of Topliss-reactive ketones (excluding diaryl/α,β-unsaturated/α-hetero) is 1. The molecular weight excluding hydrogens is 227 g/mol. The molecule has 1 aliphatic rings. The van der Waals surface area contributed by atoms with E-state index in [1.807, 2.05) is 6.07 Å². The molecule has 0 N–H and O–H groups in total. The minimum absolute atomic E-state index is 0.00646. The molecule has 0 aromatic rings. The van der Waals surface area contributed by atoms with Gasteiger partial charge in [0, 0.05) is 12.2 Å². The molecule has 1 atom stereocenters. The van der Waals surface area contributed by atoms with Gasteiger partial charge in [0.05, 0.1) is 6.07 Å². The van der Waals surface area contributed by atoms with E-state index in [1.54, 1.807) is 0 Å². The number of rotatable bonds is 3. The van der Waals surface area contributed by atoms with E-state index in [0.717, 1.165) is 0 Å². The monoisotopic (exact) mass is 237 g/mol. The van der Waals surface area contributed by atoms with Crippen LogP contribution in [0.25, 0.3) is 0 Å². The Balaban J connectivity index is 2.49. The highest BCUT2D eigenvalue weighted by molar-refractivity contribution is 8.00. The van der Waals surface area contributed by atoms with Crippen LogP contribution in [0, 0.1) is 16.7 Å². The summed E-state index contributed by atoms with van der Waals surface area (Å²) in [6.07, 6.45) is 1.35. The molecule has 0 aliphatic heterocycles. The molecule has 2 nitrogen and oxygen atoms in total. The summed E-state index contributed by atoms with van der Waals surface area (Å²) < 4.78 is 35.6. The zero-order chi connectivity index (χ0) is 11.5. The lowest BCUT2D eigenvalue weighted by Gasteiger charge is -2.18. The van der Waals surface area contributed by atoms with Gasteiger partial charge in [-0.3, -0.25) is 4.79 Å². The van der Waals surface area contributed by atoms with Crippen molar-refractivity contribution in [3.8, 4) is 6.07 Å². The van der Waals surface area contributed by atoms with Crippen molar-refractivity contribution in [3.63, 3.8) is 0 Å². The fourth-order valence-electron chi connectivity index (χ4n) is 1.71. The third-order valence-corrected chi connectivity index (χ3v) is 3.29. The van der Waals surface area contributed by atoms with Gasteiger partial charge in [-0.15, -0.1) is 0 Å².